The number of thiophene rings is 1. The zero-order chi connectivity index (χ0) is 46.6. The number of likely N-dealkylation sites (tertiary alicyclic amines) is 1. The molecule has 0 saturated carbocycles. The summed E-state index contributed by atoms with van der Waals surface area (Å²) in [6.07, 6.45) is 7.63. The highest BCUT2D eigenvalue weighted by Gasteiger charge is 2.40. The van der Waals surface area contributed by atoms with Crippen LogP contribution in [0.25, 0.3) is 5.00 Å². The molecule has 4 aliphatic rings. The summed E-state index contributed by atoms with van der Waals surface area (Å²) in [7, 11) is 0. The molecule has 2 N–H and O–H groups in total. The van der Waals surface area contributed by atoms with Gasteiger partial charge in [-0.3, -0.25) is 38.7 Å². The fraction of sp³-hybridized carbons (Fsp3) is 0.429. The average Bonchev–Trinajstić information content (AvgIpc) is 4.08. The molecule has 0 radical (unpaired) electrons. The quantitative estimate of drug-likeness (QED) is 0.0531. The summed E-state index contributed by atoms with van der Waals surface area (Å²) in [5, 5.41) is 21.0. The van der Waals surface area contributed by atoms with Gasteiger partial charge in [-0.2, -0.15) is 5.10 Å². The largest absolute Gasteiger partial charge is 0.466 e. The van der Waals surface area contributed by atoms with Crippen molar-refractivity contribution < 1.29 is 28.7 Å². The molecule has 2 aromatic carbocycles. The Morgan fingerprint density at radius 1 is 0.985 bits per heavy atom. The lowest BCUT2D eigenvalue weighted by Gasteiger charge is -2.33. The third kappa shape index (κ3) is 10.2. The molecule has 4 aliphatic heterocycles. The predicted octanol–water partition coefficient (Wildman–Crippen LogP) is 6.17. The molecule has 16 nitrogen and oxygen atoms in total. The van der Waals surface area contributed by atoms with E-state index in [1.165, 1.54) is 0 Å². The van der Waals surface area contributed by atoms with Crippen LogP contribution < -0.4 is 10.6 Å². The van der Waals surface area contributed by atoms with Crippen molar-refractivity contribution in [2.45, 2.75) is 96.9 Å². The number of piperidine rings is 2. The second-order valence-corrected chi connectivity index (χ2v) is 18.8. The molecular weight excluding hydrogens is 892 g/mol. The first-order valence-corrected chi connectivity index (χ1v) is 24.1. The van der Waals surface area contributed by atoms with E-state index in [1.54, 1.807) is 27.1 Å². The van der Waals surface area contributed by atoms with Crippen LogP contribution in [0.5, 0.6) is 0 Å². The number of fused-ring (bicyclic) bond motifs is 4. The van der Waals surface area contributed by atoms with Gasteiger partial charge in [-0.1, -0.05) is 41.6 Å². The molecule has 5 aromatic rings. The molecular formula is C49H53ClN10O6S. The summed E-state index contributed by atoms with van der Waals surface area (Å²) in [6.45, 7) is 11.1. The van der Waals surface area contributed by atoms with E-state index >= 15 is 0 Å². The fourth-order valence-electron chi connectivity index (χ4n) is 9.12. The van der Waals surface area contributed by atoms with E-state index in [1.807, 2.05) is 62.5 Å². The second-order valence-electron chi connectivity index (χ2n) is 17.4. The van der Waals surface area contributed by atoms with E-state index in [4.69, 9.17) is 26.1 Å². The van der Waals surface area contributed by atoms with Crippen molar-refractivity contribution in [2.75, 3.05) is 44.8 Å². The number of aromatic nitrogens is 5. The Morgan fingerprint density at radius 2 is 1.81 bits per heavy atom. The number of aliphatic imine (C=N–C) groups is 1. The Bertz CT molecular complexity index is 2780. The smallest absolute Gasteiger partial charge is 0.305 e. The maximum atomic E-state index is 13.2. The van der Waals surface area contributed by atoms with E-state index in [2.05, 4.69) is 54.2 Å². The summed E-state index contributed by atoms with van der Waals surface area (Å²) in [4.78, 5) is 59.9. The number of nitrogens with one attached hydrogen (secondary N) is 2. The Labute approximate surface area is 398 Å². The summed E-state index contributed by atoms with van der Waals surface area (Å²) < 4.78 is 15.2. The van der Waals surface area contributed by atoms with E-state index in [9.17, 15) is 19.2 Å². The molecule has 3 aromatic heterocycles. The highest BCUT2D eigenvalue weighted by molar-refractivity contribution is 7.15. The Kier molecular flexibility index (Phi) is 14.0. The highest BCUT2D eigenvalue weighted by Crippen LogP contribution is 2.39. The van der Waals surface area contributed by atoms with Crippen molar-refractivity contribution in [3.63, 3.8) is 0 Å². The lowest BCUT2D eigenvalue weighted by atomic mass is 9.99. The first-order chi connectivity index (χ1) is 32.5. The molecule has 7 heterocycles. The average molecular weight is 946 g/mol. The van der Waals surface area contributed by atoms with Crippen molar-refractivity contribution in [2.24, 2.45) is 4.99 Å². The zero-order valence-electron chi connectivity index (χ0n) is 37.8. The van der Waals surface area contributed by atoms with Crippen LogP contribution in [0.2, 0.25) is 5.02 Å². The minimum Gasteiger partial charge on any atom is -0.466 e. The standard InChI is InChI=1S/C49H53ClN10O6S/c1-30-41(67-49-44(30)45(34-11-13-35(50)14-12-34)52-31(2)46-56-55-32(3)60(46)49)16-10-33-27-51-58(28-33)20-5-9-43(62)66-25-6-24-65-26-23-57-21-18-36(19-22-57)53-39-8-4-7-37-38(39)29-59(48(37)64)40-15-17-42(61)54-47(40)63/h4,7-8,11-14,27-28,31,36,40,53H,5-6,9,15,17-26,29H2,1-3H3,(H,54,61,63)/t31-,40?/m0/s1. The van der Waals surface area contributed by atoms with Gasteiger partial charge in [0.15, 0.2) is 5.82 Å². The fourth-order valence-corrected chi connectivity index (χ4v) is 10.5. The number of carbonyl (C=O) groups is 4. The number of benzene rings is 2. The van der Waals surface area contributed by atoms with Crippen molar-refractivity contribution in [3.05, 3.63) is 110 Å². The van der Waals surface area contributed by atoms with Gasteiger partial charge < -0.3 is 24.6 Å². The van der Waals surface area contributed by atoms with Crippen LogP contribution in [0.1, 0.15) is 113 Å². The number of ether oxygens (including phenoxy) is 2. The van der Waals surface area contributed by atoms with Crippen LogP contribution in [0.3, 0.4) is 0 Å². The lowest BCUT2D eigenvalue weighted by molar-refractivity contribution is -0.144. The number of carbonyl (C=O) groups excluding carboxylic acids is 4. The van der Waals surface area contributed by atoms with Crippen molar-refractivity contribution in [1.29, 1.82) is 0 Å². The van der Waals surface area contributed by atoms with Crippen LogP contribution in [0.15, 0.2) is 59.9 Å². The zero-order valence-corrected chi connectivity index (χ0v) is 39.4. The number of nitrogens with zero attached hydrogens (tertiary/aromatic N) is 8. The second kappa shape index (κ2) is 20.4. The number of imide groups is 1. The molecule has 0 spiro atoms. The Hall–Kier alpha value is -6.19. The van der Waals surface area contributed by atoms with E-state index in [0.29, 0.717) is 69.2 Å². The number of amides is 3. The molecule has 18 heteroatoms. The molecule has 9 rings (SSSR count). The van der Waals surface area contributed by atoms with Crippen LogP contribution >= 0.6 is 22.9 Å². The summed E-state index contributed by atoms with van der Waals surface area (Å²) in [5.74, 6) is 7.15. The first kappa shape index (κ1) is 45.9. The van der Waals surface area contributed by atoms with Crippen molar-refractivity contribution in [1.82, 2.24) is 39.7 Å². The van der Waals surface area contributed by atoms with Crippen LogP contribution in [-0.2, 0) is 36.9 Å². The van der Waals surface area contributed by atoms with Crippen LogP contribution in [0, 0.1) is 25.7 Å². The third-order valence-electron chi connectivity index (χ3n) is 12.7. The van der Waals surface area contributed by atoms with Gasteiger partial charge in [-0.25, -0.2) is 0 Å². The van der Waals surface area contributed by atoms with E-state index < -0.39 is 11.9 Å². The number of rotatable bonds is 15. The molecule has 0 aliphatic carbocycles. The van der Waals surface area contributed by atoms with Gasteiger partial charge in [-0.15, -0.1) is 21.5 Å². The van der Waals surface area contributed by atoms with Crippen LogP contribution in [-0.4, -0.2) is 115 Å². The molecule has 2 saturated heterocycles. The number of halogens is 1. The monoisotopic (exact) mass is 944 g/mol. The minimum atomic E-state index is -0.631. The van der Waals surface area contributed by atoms with Gasteiger partial charge in [0.25, 0.3) is 5.91 Å². The number of esters is 1. The molecule has 67 heavy (non-hydrogen) atoms. The molecule has 0 bridgehead atoms. The minimum absolute atomic E-state index is 0.166. The molecule has 348 valence electrons. The van der Waals surface area contributed by atoms with Gasteiger partial charge in [-0.05, 0) is 76.3 Å². The normalized spacial score (nSPS) is 18.4. The number of hydrogen-bond donors (Lipinski definition) is 2. The van der Waals surface area contributed by atoms with Crippen molar-refractivity contribution in [3.8, 4) is 16.8 Å². The first-order valence-electron chi connectivity index (χ1n) is 22.9. The van der Waals surface area contributed by atoms with Gasteiger partial charge in [0.2, 0.25) is 11.8 Å². The topological polar surface area (TPSA) is 178 Å². The highest BCUT2D eigenvalue weighted by atomic mass is 35.5. The van der Waals surface area contributed by atoms with Crippen LogP contribution in [0.4, 0.5) is 5.69 Å². The SMILES string of the molecule is Cc1c(C#Cc2cnn(CCCC(=O)OCCCOCCN3CCC(Nc4cccc5c4CN(C4CCC(=O)NC4=O)C5=O)CC3)c2)sc2c1C(c1ccc(Cl)cc1)=N[C@@H](C)c1nnc(C)n1-2. The number of aryl methyl sites for hydroxylation is 2. The maximum absolute atomic E-state index is 13.2. The van der Waals surface area contributed by atoms with Crippen molar-refractivity contribution >= 4 is 58.0 Å². The lowest BCUT2D eigenvalue weighted by Crippen LogP contribution is -2.52. The number of hydrogen-bond acceptors (Lipinski definition) is 13. The summed E-state index contributed by atoms with van der Waals surface area (Å²) >= 11 is 7.83. The summed E-state index contributed by atoms with van der Waals surface area (Å²) in [5.41, 5.74) is 7.11. The Balaban J connectivity index is 0.664. The predicted molar refractivity (Wildman–Crippen MR) is 254 cm³/mol. The third-order valence-corrected chi connectivity index (χ3v) is 14.2. The van der Waals surface area contributed by atoms with E-state index in [-0.39, 0.29) is 36.3 Å². The van der Waals surface area contributed by atoms with Gasteiger partial charge >= 0.3 is 5.97 Å². The Morgan fingerprint density at radius 3 is 2.61 bits per heavy atom. The molecule has 2 atom stereocenters. The number of anilines is 1. The summed E-state index contributed by atoms with van der Waals surface area (Å²) in [6, 6.07) is 12.9. The van der Waals surface area contributed by atoms with Gasteiger partial charge in [0.1, 0.15) is 22.9 Å². The van der Waals surface area contributed by atoms with Gasteiger partial charge in [0.05, 0.1) is 35.6 Å². The van der Waals surface area contributed by atoms with Gasteiger partial charge in [0, 0.05) is 104 Å². The molecule has 3 amide bonds. The van der Waals surface area contributed by atoms with E-state index in [0.717, 1.165) is 93.2 Å². The maximum Gasteiger partial charge on any atom is 0.305 e. The molecule has 1 unspecified atom stereocenters. The molecule has 2 fully saturated rings.